The lowest BCUT2D eigenvalue weighted by atomic mass is 10.0. The molecule has 0 aromatic heterocycles. The second kappa shape index (κ2) is 12.2. The molecular weight excluding hydrogens is 572 g/mol. The summed E-state index contributed by atoms with van der Waals surface area (Å²) in [5, 5.41) is 12.2. The van der Waals surface area contributed by atoms with E-state index >= 15 is 0 Å². The molecule has 0 aliphatic heterocycles. The highest BCUT2D eigenvalue weighted by atomic mass is 35.5. The van der Waals surface area contributed by atoms with Gasteiger partial charge in [-0.2, -0.15) is 0 Å². The van der Waals surface area contributed by atoms with Crippen molar-refractivity contribution in [3.63, 3.8) is 0 Å². The van der Waals surface area contributed by atoms with Crippen LogP contribution in [0, 0.1) is 11.6 Å². The Balaban J connectivity index is 1.85. The number of hydrogen-bond donors (Lipinski definition) is 2. The summed E-state index contributed by atoms with van der Waals surface area (Å²) >= 11 is 12.6. The zero-order valence-electron chi connectivity index (χ0n) is 20.1. The summed E-state index contributed by atoms with van der Waals surface area (Å²) in [6.07, 6.45) is 0.853. The molecule has 2 N–H and O–H groups in total. The van der Waals surface area contributed by atoms with E-state index in [0.717, 1.165) is 6.26 Å². The van der Waals surface area contributed by atoms with Gasteiger partial charge in [0.15, 0.2) is 9.84 Å². The topological polar surface area (TPSA) is 127 Å². The lowest BCUT2D eigenvalue weighted by Crippen LogP contribution is -2.42. The van der Waals surface area contributed by atoms with Gasteiger partial charge < -0.3 is 14.9 Å². The Morgan fingerprint density at radius 1 is 1.05 bits per heavy atom. The van der Waals surface area contributed by atoms with Crippen LogP contribution in [0.2, 0.25) is 10.0 Å². The maximum atomic E-state index is 13.1. The Hall–Kier alpha value is -3.12. The molecule has 3 aromatic carbocycles. The van der Waals surface area contributed by atoms with Crippen molar-refractivity contribution in [1.82, 2.24) is 5.32 Å². The number of carboxylic acid groups (broad SMARTS) is 1. The summed E-state index contributed by atoms with van der Waals surface area (Å²) in [6.45, 7) is 0. The number of nitrogens with one attached hydrogen (secondary N) is 1. The van der Waals surface area contributed by atoms with Crippen LogP contribution in [-0.2, 0) is 30.1 Å². The highest BCUT2D eigenvalue weighted by molar-refractivity contribution is 7.90. The SMILES string of the molecule is COP(=O)(C#Cc1cc(Cl)c(C(=O)NC(Cc2cccc(S(C)(=O)=O)c2)C(=O)O)c(Cl)c1)c1ccccc1. The van der Waals surface area contributed by atoms with Crippen LogP contribution in [0.5, 0.6) is 0 Å². The number of amides is 1. The zero-order chi connectivity index (χ0) is 28.1. The molecule has 3 rings (SSSR count). The van der Waals surface area contributed by atoms with Gasteiger partial charge in [0.25, 0.3) is 5.91 Å². The largest absolute Gasteiger partial charge is 0.480 e. The summed E-state index contributed by atoms with van der Waals surface area (Å²) in [6, 6.07) is 15.5. The van der Waals surface area contributed by atoms with E-state index in [0.29, 0.717) is 10.9 Å². The standard InChI is InChI=1S/C26H22Cl2NO7PS/c1-36-37(33,19-8-4-3-5-9-19)12-11-18-14-21(27)24(22(28)15-18)25(30)29-23(26(31)32)16-17-7-6-10-20(13-17)38(2,34)35/h3-10,13-15,23H,16H2,1-2H3,(H,29,30)(H,31,32). The molecule has 12 heteroatoms. The van der Waals surface area contributed by atoms with Crippen molar-refractivity contribution < 1.29 is 32.2 Å². The second-order valence-corrected chi connectivity index (χ2v) is 13.1. The van der Waals surface area contributed by atoms with Gasteiger partial charge in [0.1, 0.15) is 6.04 Å². The maximum Gasteiger partial charge on any atom is 0.326 e. The van der Waals surface area contributed by atoms with E-state index < -0.39 is 35.1 Å². The maximum absolute atomic E-state index is 13.1. The third-order valence-electron chi connectivity index (χ3n) is 5.34. The summed E-state index contributed by atoms with van der Waals surface area (Å²) in [5.41, 5.74) is 3.10. The van der Waals surface area contributed by atoms with E-state index in [9.17, 15) is 27.7 Å². The van der Waals surface area contributed by atoms with Crippen LogP contribution >= 0.6 is 30.6 Å². The van der Waals surface area contributed by atoms with Gasteiger partial charge in [-0.15, -0.1) is 0 Å². The summed E-state index contributed by atoms with van der Waals surface area (Å²) < 4.78 is 41.9. The molecule has 0 bridgehead atoms. The Labute approximate surface area is 230 Å². The van der Waals surface area contributed by atoms with Gasteiger partial charge in [0.05, 0.1) is 20.5 Å². The molecule has 38 heavy (non-hydrogen) atoms. The van der Waals surface area contributed by atoms with Gasteiger partial charge in [-0.05, 0) is 47.6 Å². The molecule has 0 fully saturated rings. The molecule has 2 atom stereocenters. The molecule has 0 spiro atoms. The van der Waals surface area contributed by atoms with Crippen molar-refractivity contribution in [2.75, 3.05) is 13.4 Å². The van der Waals surface area contributed by atoms with Crippen LogP contribution in [0.15, 0.2) is 71.6 Å². The van der Waals surface area contributed by atoms with Crippen molar-refractivity contribution >= 4 is 57.6 Å². The molecule has 2 unspecified atom stereocenters. The molecule has 0 aliphatic rings. The smallest absolute Gasteiger partial charge is 0.326 e. The molecule has 8 nitrogen and oxygen atoms in total. The van der Waals surface area contributed by atoms with Crippen LogP contribution in [0.3, 0.4) is 0 Å². The normalized spacial score (nSPS) is 13.5. The average Bonchev–Trinajstić information content (AvgIpc) is 2.86. The number of halogens is 2. The van der Waals surface area contributed by atoms with Gasteiger partial charge in [-0.3, -0.25) is 9.36 Å². The van der Waals surface area contributed by atoms with Crippen LogP contribution < -0.4 is 10.6 Å². The number of sulfone groups is 1. The average molecular weight is 594 g/mol. The van der Waals surface area contributed by atoms with E-state index in [4.69, 9.17) is 27.7 Å². The number of rotatable bonds is 8. The third kappa shape index (κ3) is 7.25. The minimum atomic E-state index is -3.50. The van der Waals surface area contributed by atoms with Crippen molar-refractivity contribution in [2.45, 2.75) is 17.4 Å². The predicted molar refractivity (Wildman–Crippen MR) is 146 cm³/mol. The lowest BCUT2D eigenvalue weighted by Gasteiger charge is -2.16. The van der Waals surface area contributed by atoms with E-state index in [1.165, 1.54) is 37.4 Å². The minimum absolute atomic E-state index is 0.0264. The predicted octanol–water partition coefficient (Wildman–Crippen LogP) is 4.38. The van der Waals surface area contributed by atoms with Crippen LogP contribution in [0.1, 0.15) is 21.5 Å². The van der Waals surface area contributed by atoms with E-state index in [1.807, 2.05) is 0 Å². The number of hydrogen-bond acceptors (Lipinski definition) is 6. The van der Waals surface area contributed by atoms with Gasteiger partial charge in [-0.25, -0.2) is 13.2 Å². The van der Waals surface area contributed by atoms with Gasteiger partial charge >= 0.3 is 13.3 Å². The highest BCUT2D eigenvalue weighted by Crippen LogP contribution is 2.43. The molecule has 0 saturated heterocycles. The summed E-state index contributed by atoms with van der Waals surface area (Å²) in [7, 11) is -5.70. The number of carbonyl (C=O) groups excluding carboxylic acids is 1. The van der Waals surface area contributed by atoms with Crippen LogP contribution in [0.4, 0.5) is 0 Å². The number of carbonyl (C=O) groups is 2. The Bertz CT molecular complexity index is 1580. The Morgan fingerprint density at radius 2 is 1.68 bits per heavy atom. The highest BCUT2D eigenvalue weighted by Gasteiger charge is 2.25. The van der Waals surface area contributed by atoms with E-state index in [2.05, 4.69) is 16.9 Å². The fourth-order valence-electron chi connectivity index (χ4n) is 3.41. The molecule has 0 aliphatic carbocycles. The molecule has 3 aromatic rings. The lowest BCUT2D eigenvalue weighted by molar-refractivity contribution is -0.139. The number of benzene rings is 3. The number of carboxylic acids is 1. The van der Waals surface area contributed by atoms with Crippen molar-refractivity contribution in [3.8, 4) is 11.6 Å². The first-order valence-electron chi connectivity index (χ1n) is 10.9. The number of aliphatic carboxylic acids is 1. The quantitative estimate of drug-likeness (QED) is 0.293. The van der Waals surface area contributed by atoms with Crippen molar-refractivity contribution in [3.05, 3.63) is 93.5 Å². The Morgan fingerprint density at radius 3 is 2.24 bits per heavy atom. The van der Waals surface area contributed by atoms with E-state index in [-0.39, 0.29) is 32.5 Å². The van der Waals surface area contributed by atoms with Crippen molar-refractivity contribution in [1.29, 1.82) is 0 Å². The van der Waals surface area contributed by atoms with Crippen LogP contribution in [0.25, 0.3) is 0 Å². The Kier molecular flexibility index (Phi) is 9.42. The molecule has 1 amide bonds. The van der Waals surface area contributed by atoms with Crippen LogP contribution in [-0.4, -0.2) is 44.8 Å². The molecule has 0 heterocycles. The zero-order valence-corrected chi connectivity index (χ0v) is 23.4. The minimum Gasteiger partial charge on any atom is -0.480 e. The molecular formula is C26H22Cl2NO7PS. The first kappa shape index (κ1) is 29.4. The van der Waals surface area contributed by atoms with Gasteiger partial charge in [0.2, 0.25) is 0 Å². The van der Waals surface area contributed by atoms with E-state index in [1.54, 1.807) is 36.4 Å². The first-order valence-corrected chi connectivity index (χ1v) is 15.2. The second-order valence-electron chi connectivity index (χ2n) is 8.11. The van der Waals surface area contributed by atoms with Crippen molar-refractivity contribution in [2.24, 2.45) is 0 Å². The summed E-state index contributed by atoms with van der Waals surface area (Å²) in [4.78, 5) is 24.8. The first-order chi connectivity index (χ1) is 17.8. The van der Waals surface area contributed by atoms with Gasteiger partial charge in [-0.1, -0.05) is 59.5 Å². The molecule has 0 saturated carbocycles. The monoisotopic (exact) mass is 593 g/mol. The summed E-state index contributed by atoms with van der Waals surface area (Å²) in [5.74, 6) is 0.522. The molecule has 198 valence electrons. The third-order valence-corrected chi connectivity index (χ3v) is 8.94. The van der Waals surface area contributed by atoms with Gasteiger partial charge in [0, 0.05) is 30.7 Å². The fraction of sp³-hybridized carbons (Fsp3) is 0.154. The fourth-order valence-corrected chi connectivity index (χ4v) is 6.03. The molecule has 0 radical (unpaired) electrons.